The zero-order chi connectivity index (χ0) is 15.5. The maximum atomic E-state index is 12.6. The average molecular weight is 353 g/mol. The summed E-state index contributed by atoms with van der Waals surface area (Å²) in [5.41, 5.74) is -0.536. The third kappa shape index (κ3) is 4.70. The number of hydrogen-bond acceptors (Lipinski definition) is 2. The van der Waals surface area contributed by atoms with Crippen molar-refractivity contribution < 1.29 is 18.0 Å². The summed E-state index contributed by atoms with van der Waals surface area (Å²) < 4.78 is 38.4. The van der Waals surface area contributed by atoms with Crippen molar-refractivity contribution in [3.8, 4) is 0 Å². The van der Waals surface area contributed by atoms with Gasteiger partial charge in [-0.15, -0.1) is 0 Å². The molecule has 1 unspecified atom stereocenters. The van der Waals surface area contributed by atoms with Gasteiger partial charge < -0.3 is 10.6 Å². The van der Waals surface area contributed by atoms with Gasteiger partial charge in [0.25, 0.3) is 0 Å². The van der Waals surface area contributed by atoms with Crippen LogP contribution in [0.1, 0.15) is 26.3 Å². The molecule has 3 nitrogen and oxygen atoms in total. The minimum absolute atomic E-state index is 0.0308. The van der Waals surface area contributed by atoms with Crippen LogP contribution >= 0.6 is 15.9 Å². The summed E-state index contributed by atoms with van der Waals surface area (Å²) >= 11 is 3.16. The van der Waals surface area contributed by atoms with Gasteiger partial charge in [0.15, 0.2) is 0 Å². The summed E-state index contributed by atoms with van der Waals surface area (Å²) in [6, 6.07) is 2.59. The SMILES string of the molecule is CC(C)NC(=O)C(C)Nc1cc(C(F)(F)F)ccc1Br. The lowest BCUT2D eigenvalue weighted by atomic mass is 10.1. The fourth-order valence-corrected chi connectivity index (χ4v) is 1.88. The summed E-state index contributed by atoms with van der Waals surface area (Å²) in [5, 5.41) is 5.46. The van der Waals surface area contributed by atoms with E-state index >= 15 is 0 Å². The minimum Gasteiger partial charge on any atom is -0.373 e. The van der Waals surface area contributed by atoms with Crippen LogP contribution in [0.5, 0.6) is 0 Å². The fourth-order valence-electron chi connectivity index (χ4n) is 1.52. The first-order valence-electron chi connectivity index (χ1n) is 6.05. The Hall–Kier alpha value is -1.24. The molecular weight excluding hydrogens is 337 g/mol. The highest BCUT2D eigenvalue weighted by Crippen LogP contribution is 2.34. The van der Waals surface area contributed by atoms with E-state index in [0.717, 1.165) is 12.1 Å². The Kier molecular flexibility index (Phi) is 5.44. The van der Waals surface area contributed by atoms with E-state index in [0.29, 0.717) is 4.47 Å². The minimum atomic E-state index is -4.42. The van der Waals surface area contributed by atoms with E-state index in [1.807, 2.05) is 13.8 Å². The van der Waals surface area contributed by atoms with Crippen LogP contribution in [0.4, 0.5) is 18.9 Å². The Bertz CT molecular complexity index is 489. The normalized spacial score (nSPS) is 13.2. The fraction of sp³-hybridized carbons (Fsp3) is 0.462. The summed E-state index contributed by atoms with van der Waals surface area (Å²) in [5.74, 6) is -0.274. The maximum absolute atomic E-state index is 12.6. The third-order valence-electron chi connectivity index (χ3n) is 2.49. The molecule has 7 heteroatoms. The van der Waals surface area contributed by atoms with Crippen molar-refractivity contribution in [2.24, 2.45) is 0 Å². The van der Waals surface area contributed by atoms with E-state index in [-0.39, 0.29) is 17.6 Å². The van der Waals surface area contributed by atoms with Crippen LogP contribution in [0.3, 0.4) is 0 Å². The lowest BCUT2D eigenvalue weighted by Gasteiger charge is -2.19. The molecule has 1 rings (SSSR count). The van der Waals surface area contributed by atoms with Gasteiger partial charge in [0, 0.05) is 16.2 Å². The number of hydrogen-bond donors (Lipinski definition) is 2. The molecule has 0 aliphatic carbocycles. The van der Waals surface area contributed by atoms with Crippen molar-refractivity contribution in [2.75, 3.05) is 5.32 Å². The Morgan fingerprint density at radius 2 is 1.85 bits per heavy atom. The topological polar surface area (TPSA) is 41.1 Å². The molecule has 1 atom stereocenters. The number of carbonyl (C=O) groups is 1. The van der Waals surface area contributed by atoms with Crippen molar-refractivity contribution in [3.63, 3.8) is 0 Å². The molecule has 1 amide bonds. The zero-order valence-electron chi connectivity index (χ0n) is 11.3. The van der Waals surface area contributed by atoms with Crippen LogP contribution in [0.25, 0.3) is 0 Å². The molecule has 0 aliphatic rings. The second kappa shape index (κ2) is 6.47. The van der Waals surface area contributed by atoms with E-state index in [1.54, 1.807) is 6.92 Å². The quantitative estimate of drug-likeness (QED) is 0.865. The number of halogens is 4. The zero-order valence-corrected chi connectivity index (χ0v) is 12.9. The first kappa shape index (κ1) is 16.8. The van der Waals surface area contributed by atoms with Gasteiger partial charge in [-0.05, 0) is 54.9 Å². The molecule has 0 aromatic heterocycles. The van der Waals surface area contributed by atoms with Crippen molar-refractivity contribution in [3.05, 3.63) is 28.2 Å². The number of rotatable bonds is 4. The van der Waals surface area contributed by atoms with Crippen LogP contribution in [0.15, 0.2) is 22.7 Å². The molecule has 0 fully saturated rings. The number of anilines is 1. The number of alkyl halides is 3. The second-order valence-electron chi connectivity index (χ2n) is 4.72. The monoisotopic (exact) mass is 352 g/mol. The number of amides is 1. The van der Waals surface area contributed by atoms with Crippen molar-refractivity contribution in [1.82, 2.24) is 5.32 Å². The van der Waals surface area contributed by atoms with Crippen molar-refractivity contribution in [1.29, 1.82) is 0 Å². The van der Waals surface area contributed by atoms with Gasteiger partial charge in [-0.2, -0.15) is 13.2 Å². The van der Waals surface area contributed by atoms with E-state index in [9.17, 15) is 18.0 Å². The molecule has 1 aromatic carbocycles. The number of carbonyl (C=O) groups excluding carboxylic acids is 1. The van der Waals surface area contributed by atoms with Crippen LogP contribution in [-0.4, -0.2) is 18.0 Å². The third-order valence-corrected chi connectivity index (χ3v) is 3.18. The summed E-state index contributed by atoms with van der Waals surface area (Å²) in [6.45, 7) is 5.21. The summed E-state index contributed by atoms with van der Waals surface area (Å²) in [4.78, 5) is 11.7. The Morgan fingerprint density at radius 1 is 1.25 bits per heavy atom. The molecule has 0 heterocycles. The standard InChI is InChI=1S/C13H16BrF3N2O/c1-7(2)18-12(20)8(3)19-11-6-9(13(15,16)17)4-5-10(11)14/h4-8,19H,1-3H3,(H,18,20). The van der Waals surface area contributed by atoms with E-state index in [1.165, 1.54) is 6.07 Å². The highest BCUT2D eigenvalue weighted by atomic mass is 79.9. The second-order valence-corrected chi connectivity index (χ2v) is 5.58. The molecule has 1 aromatic rings. The van der Waals surface area contributed by atoms with Crippen LogP contribution in [-0.2, 0) is 11.0 Å². The first-order chi connectivity index (χ1) is 9.11. The predicted molar refractivity (Wildman–Crippen MR) is 75.5 cm³/mol. The predicted octanol–water partition coefficient (Wildman–Crippen LogP) is 3.79. The van der Waals surface area contributed by atoms with Crippen LogP contribution < -0.4 is 10.6 Å². The highest BCUT2D eigenvalue weighted by molar-refractivity contribution is 9.10. The van der Waals surface area contributed by atoms with Crippen molar-refractivity contribution in [2.45, 2.75) is 39.0 Å². The Balaban J connectivity index is 2.89. The van der Waals surface area contributed by atoms with Crippen molar-refractivity contribution >= 4 is 27.5 Å². The van der Waals surface area contributed by atoms with Crippen LogP contribution in [0.2, 0.25) is 0 Å². The van der Waals surface area contributed by atoms with Gasteiger partial charge in [0.2, 0.25) is 5.91 Å². The molecule has 0 saturated carbocycles. The molecular formula is C13H16BrF3N2O. The Morgan fingerprint density at radius 3 is 2.35 bits per heavy atom. The molecule has 0 bridgehead atoms. The lowest BCUT2D eigenvalue weighted by molar-refractivity contribution is -0.137. The molecule has 0 aliphatic heterocycles. The average Bonchev–Trinajstić information content (AvgIpc) is 2.29. The van der Waals surface area contributed by atoms with Gasteiger partial charge >= 0.3 is 6.18 Å². The molecule has 112 valence electrons. The van der Waals surface area contributed by atoms with E-state index in [2.05, 4.69) is 26.6 Å². The van der Waals surface area contributed by atoms with Gasteiger partial charge in [-0.1, -0.05) is 0 Å². The van der Waals surface area contributed by atoms with E-state index < -0.39 is 17.8 Å². The maximum Gasteiger partial charge on any atom is 0.416 e. The molecule has 0 spiro atoms. The lowest BCUT2D eigenvalue weighted by Crippen LogP contribution is -2.41. The Labute approximate surface area is 124 Å². The van der Waals surface area contributed by atoms with Crippen LogP contribution in [0, 0.1) is 0 Å². The smallest absolute Gasteiger partial charge is 0.373 e. The first-order valence-corrected chi connectivity index (χ1v) is 6.84. The summed E-state index contributed by atoms with van der Waals surface area (Å²) in [7, 11) is 0. The molecule has 2 N–H and O–H groups in total. The van der Waals surface area contributed by atoms with Gasteiger partial charge in [-0.25, -0.2) is 0 Å². The largest absolute Gasteiger partial charge is 0.416 e. The molecule has 0 saturated heterocycles. The number of nitrogens with one attached hydrogen (secondary N) is 2. The highest BCUT2D eigenvalue weighted by Gasteiger charge is 2.31. The van der Waals surface area contributed by atoms with Gasteiger partial charge in [-0.3, -0.25) is 4.79 Å². The number of benzene rings is 1. The summed E-state index contributed by atoms with van der Waals surface area (Å²) in [6.07, 6.45) is -4.42. The van der Waals surface area contributed by atoms with E-state index in [4.69, 9.17) is 0 Å². The molecule has 0 radical (unpaired) electrons. The molecule has 20 heavy (non-hydrogen) atoms. The van der Waals surface area contributed by atoms with Gasteiger partial charge in [0.1, 0.15) is 6.04 Å². The van der Waals surface area contributed by atoms with Gasteiger partial charge in [0.05, 0.1) is 5.56 Å².